The van der Waals surface area contributed by atoms with Crippen molar-refractivity contribution in [1.29, 1.82) is 0 Å². The normalized spacial score (nSPS) is 12.4. The molecule has 0 aliphatic rings. The van der Waals surface area contributed by atoms with Crippen LogP contribution in [0.5, 0.6) is 0 Å². The maximum Gasteiger partial charge on any atom is 0.0438 e. The van der Waals surface area contributed by atoms with Crippen LogP contribution in [-0.2, 0) is 6.54 Å². The van der Waals surface area contributed by atoms with Crippen LogP contribution in [0.3, 0.4) is 0 Å². The molecule has 0 spiro atoms. The molecule has 0 aromatic heterocycles. The van der Waals surface area contributed by atoms with Crippen molar-refractivity contribution in [3.05, 3.63) is 68.7 Å². The first kappa shape index (κ1) is 14.6. The fourth-order valence-electron chi connectivity index (χ4n) is 1.91. The van der Waals surface area contributed by atoms with Crippen LogP contribution >= 0.6 is 27.5 Å². The van der Waals surface area contributed by atoms with Crippen LogP contribution in [0.15, 0.2) is 46.9 Å². The molecule has 0 saturated carbocycles. The molecule has 0 unspecified atom stereocenters. The third kappa shape index (κ3) is 4.07. The molecule has 19 heavy (non-hydrogen) atoms. The lowest BCUT2D eigenvalue weighted by molar-refractivity contribution is 0.574. The van der Waals surface area contributed by atoms with Gasteiger partial charge in [-0.05, 0) is 48.7 Å². The standard InChI is InChI=1S/C16H17BrClN/c1-11-6-7-13(8-16(11)18)10-19-12(2)14-4-3-5-15(17)9-14/h3-9,12,19H,10H2,1-2H3/t12-/m0/s1. The Morgan fingerprint density at radius 3 is 2.68 bits per heavy atom. The zero-order valence-corrected chi connectivity index (χ0v) is 13.4. The minimum atomic E-state index is 0.303. The second-order valence-corrected chi connectivity index (χ2v) is 6.06. The first-order chi connectivity index (χ1) is 9.06. The van der Waals surface area contributed by atoms with Crippen molar-refractivity contribution in [2.45, 2.75) is 26.4 Å². The van der Waals surface area contributed by atoms with Gasteiger partial charge in [0, 0.05) is 22.1 Å². The van der Waals surface area contributed by atoms with Crippen LogP contribution in [-0.4, -0.2) is 0 Å². The van der Waals surface area contributed by atoms with E-state index in [1.165, 1.54) is 11.1 Å². The van der Waals surface area contributed by atoms with Crippen LogP contribution in [0.4, 0.5) is 0 Å². The van der Waals surface area contributed by atoms with Crippen molar-refractivity contribution in [2.24, 2.45) is 0 Å². The van der Waals surface area contributed by atoms with E-state index in [-0.39, 0.29) is 0 Å². The third-order valence-corrected chi connectivity index (χ3v) is 4.10. The molecule has 0 radical (unpaired) electrons. The van der Waals surface area contributed by atoms with Gasteiger partial charge >= 0.3 is 0 Å². The van der Waals surface area contributed by atoms with Crippen molar-refractivity contribution in [1.82, 2.24) is 5.32 Å². The summed E-state index contributed by atoms with van der Waals surface area (Å²) >= 11 is 9.63. The summed E-state index contributed by atoms with van der Waals surface area (Å²) in [5.41, 5.74) is 3.59. The fourth-order valence-corrected chi connectivity index (χ4v) is 2.53. The number of benzene rings is 2. The zero-order chi connectivity index (χ0) is 13.8. The lowest BCUT2D eigenvalue weighted by Crippen LogP contribution is -2.18. The molecule has 0 bridgehead atoms. The van der Waals surface area contributed by atoms with Crippen molar-refractivity contribution < 1.29 is 0 Å². The Balaban J connectivity index is 2.00. The third-order valence-electron chi connectivity index (χ3n) is 3.20. The van der Waals surface area contributed by atoms with E-state index in [1.807, 2.05) is 19.1 Å². The highest BCUT2D eigenvalue weighted by molar-refractivity contribution is 9.10. The summed E-state index contributed by atoms with van der Waals surface area (Å²) in [6, 6.07) is 14.9. The summed E-state index contributed by atoms with van der Waals surface area (Å²) in [5, 5.41) is 4.34. The Kier molecular flexibility index (Phi) is 5.03. The second kappa shape index (κ2) is 6.56. The molecule has 2 rings (SSSR count). The first-order valence-corrected chi connectivity index (χ1v) is 7.47. The van der Waals surface area contributed by atoms with Crippen molar-refractivity contribution in [3.8, 4) is 0 Å². The van der Waals surface area contributed by atoms with Gasteiger partial charge in [0.05, 0.1) is 0 Å². The minimum Gasteiger partial charge on any atom is -0.306 e. The quantitative estimate of drug-likeness (QED) is 0.801. The predicted octanol–water partition coefficient (Wildman–Crippen LogP) is 5.26. The van der Waals surface area contributed by atoms with E-state index in [2.05, 4.69) is 58.5 Å². The average molecular weight is 339 g/mol. The highest BCUT2D eigenvalue weighted by Gasteiger charge is 2.05. The van der Waals surface area contributed by atoms with Gasteiger partial charge in [-0.15, -0.1) is 0 Å². The summed E-state index contributed by atoms with van der Waals surface area (Å²) in [6.45, 7) is 4.99. The molecular weight excluding hydrogens is 322 g/mol. The predicted molar refractivity (Wildman–Crippen MR) is 85.6 cm³/mol. The van der Waals surface area contributed by atoms with Crippen molar-refractivity contribution >= 4 is 27.5 Å². The van der Waals surface area contributed by atoms with Crippen LogP contribution in [0.25, 0.3) is 0 Å². The SMILES string of the molecule is Cc1ccc(CN[C@@H](C)c2cccc(Br)c2)cc1Cl. The van der Waals surface area contributed by atoms with Crippen molar-refractivity contribution in [2.75, 3.05) is 0 Å². The monoisotopic (exact) mass is 337 g/mol. The van der Waals surface area contributed by atoms with E-state index >= 15 is 0 Å². The number of hydrogen-bond donors (Lipinski definition) is 1. The van der Waals surface area contributed by atoms with Gasteiger partial charge in [-0.2, -0.15) is 0 Å². The highest BCUT2D eigenvalue weighted by atomic mass is 79.9. The number of hydrogen-bond acceptors (Lipinski definition) is 1. The van der Waals surface area contributed by atoms with E-state index in [4.69, 9.17) is 11.6 Å². The number of halogens is 2. The zero-order valence-electron chi connectivity index (χ0n) is 11.1. The maximum atomic E-state index is 6.13. The van der Waals surface area contributed by atoms with Gasteiger partial charge in [0.25, 0.3) is 0 Å². The molecule has 0 aliphatic carbocycles. The fraction of sp³-hybridized carbons (Fsp3) is 0.250. The van der Waals surface area contributed by atoms with E-state index in [0.29, 0.717) is 6.04 Å². The molecule has 100 valence electrons. The molecule has 0 amide bonds. The summed E-state index contributed by atoms with van der Waals surface area (Å²) in [4.78, 5) is 0. The summed E-state index contributed by atoms with van der Waals surface area (Å²) in [5.74, 6) is 0. The summed E-state index contributed by atoms with van der Waals surface area (Å²) in [7, 11) is 0. The number of rotatable bonds is 4. The molecule has 0 heterocycles. The summed E-state index contributed by atoms with van der Waals surface area (Å²) in [6.07, 6.45) is 0. The van der Waals surface area contributed by atoms with Gasteiger partial charge in [0.2, 0.25) is 0 Å². The molecule has 2 aromatic rings. The van der Waals surface area contributed by atoms with Crippen LogP contribution in [0, 0.1) is 6.92 Å². The molecular formula is C16H17BrClN. The molecule has 0 aliphatic heterocycles. The Hall–Kier alpha value is -0.830. The molecule has 1 atom stereocenters. The smallest absolute Gasteiger partial charge is 0.0438 e. The van der Waals surface area contributed by atoms with Crippen molar-refractivity contribution in [3.63, 3.8) is 0 Å². The lowest BCUT2D eigenvalue weighted by atomic mass is 10.1. The molecule has 1 nitrogen and oxygen atoms in total. The average Bonchev–Trinajstić information content (AvgIpc) is 2.40. The molecule has 0 saturated heterocycles. The highest BCUT2D eigenvalue weighted by Crippen LogP contribution is 2.20. The van der Waals surface area contributed by atoms with Crippen LogP contribution in [0.2, 0.25) is 5.02 Å². The van der Waals surface area contributed by atoms with E-state index in [0.717, 1.165) is 21.6 Å². The molecule has 0 fully saturated rings. The van der Waals surface area contributed by atoms with E-state index in [9.17, 15) is 0 Å². The second-order valence-electron chi connectivity index (χ2n) is 4.74. The van der Waals surface area contributed by atoms with Gasteiger partial charge < -0.3 is 5.32 Å². The van der Waals surface area contributed by atoms with Gasteiger partial charge in [-0.3, -0.25) is 0 Å². The summed E-state index contributed by atoms with van der Waals surface area (Å²) < 4.78 is 1.11. The number of nitrogens with one attached hydrogen (secondary N) is 1. The van der Waals surface area contributed by atoms with Gasteiger partial charge in [-0.1, -0.05) is 51.8 Å². The molecule has 2 aromatic carbocycles. The van der Waals surface area contributed by atoms with Gasteiger partial charge in [0.15, 0.2) is 0 Å². The Bertz CT molecular complexity index is 568. The van der Waals surface area contributed by atoms with Crippen LogP contribution < -0.4 is 5.32 Å². The lowest BCUT2D eigenvalue weighted by Gasteiger charge is -2.15. The van der Waals surface area contributed by atoms with Gasteiger partial charge in [-0.25, -0.2) is 0 Å². The Labute approximate surface area is 128 Å². The first-order valence-electron chi connectivity index (χ1n) is 6.30. The topological polar surface area (TPSA) is 12.0 Å². The minimum absolute atomic E-state index is 0.303. The van der Waals surface area contributed by atoms with E-state index < -0.39 is 0 Å². The van der Waals surface area contributed by atoms with E-state index in [1.54, 1.807) is 0 Å². The Morgan fingerprint density at radius 2 is 2.00 bits per heavy atom. The maximum absolute atomic E-state index is 6.13. The molecule has 1 N–H and O–H groups in total. The number of aryl methyl sites for hydroxylation is 1. The van der Waals surface area contributed by atoms with Gasteiger partial charge in [0.1, 0.15) is 0 Å². The van der Waals surface area contributed by atoms with Crippen LogP contribution in [0.1, 0.15) is 29.7 Å². The largest absolute Gasteiger partial charge is 0.306 e. The Morgan fingerprint density at radius 1 is 1.21 bits per heavy atom. The molecule has 3 heteroatoms.